The normalized spacial score (nSPS) is 11.4. The van der Waals surface area contributed by atoms with Crippen molar-refractivity contribution in [3.8, 4) is 0 Å². The molecule has 0 atom stereocenters. The van der Waals surface area contributed by atoms with Crippen LogP contribution in [0.2, 0.25) is 0 Å². The van der Waals surface area contributed by atoms with E-state index >= 15 is 0 Å². The van der Waals surface area contributed by atoms with Gasteiger partial charge in [-0.2, -0.15) is 0 Å². The third-order valence-electron chi connectivity index (χ3n) is 3.42. The van der Waals surface area contributed by atoms with Gasteiger partial charge in [-0.05, 0) is 36.8 Å². The lowest BCUT2D eigenvalue weighted by atomic mass is 10.2. The maximum Gasteiger partial charge on any atom is 0.240 e. The summed E-state index contributed by atoms with van der Waals surface area (Å²) < 4.78 is 40.7. The van der Waals surface area contributed by atoms with Gasteiger partial charge in [0.25, 0.3) is 0 Å². The summed E-state index contributed by atoms with van der Waals surface area (Å²) in [5.41, 5.74) is 1.07. The molecule has 0 aliphatic carbocycles. The molecule has 2 aromatic carbocycles. The highest BCUT2D eigenvalue weighted by Crippen LogP contribution is 2.19. The molecule has 0 fully saturated rings. The standard InChI is InChI=1S/C16H19FN2O2S/c1-3-19(2)16-10-9-13(11-15(16)17)12-18-22(20,21)14-7-5-4-6-8-14/h4-11,18H,3,12H2,1-2H3. The van der Waals surface area contributed by atoms with Gasteiger partial charge in [0, 0.05) is 20.1 Å². The maximum atomic E-state index is 14.0. The summed E-state index contributed by atoms with van der Waals surface area (Å²) >= 11 is 0. The van der Waals surface area contributed by atoms with Crippen LogP contribution in [0.3, 0.4) is 0 Å². The zero-order valence-corrected chi connectivity index (χ0v) is 13.4. The van der Waals surface area contributed by atoms with Gasteiger partial charge in [-0.1, -0.05) is 24.3 Å². The number of anilines is 1. The van der Waals surface area contributed by atoms with Crippen LogP contribution in [0.1, 0.15) is 12.5 Å². The molecule has 4 nitrogen and oxygen atoms in total. The molecule has 0 aliphatic heterocycles. The average molecular weight is 322 g/mol. The molecular formula is C16H19FN2O2S. The molecule has 0 saturated heterocycles. The van der Waals surface area contributed by atoms with Crippen molar-refractivity contribution in [1.29, 1.82) is 0 Å². The Hall–Kier alpha value is -1.92. The molecule has 0 heterocycles. The van der Waals surface area contributed by atoms with Crippen LogP contribution in [0.25, 0.3) is 0 Å². The smallest absolute Gasteiger partial charge is 0.240 e. The summed E-state index contributed by atoms with van der Waals surface area (Å²) in [5, 5.41) is 0. The van der Waals surface area contributed by atoms with E-state index in [1.807, 2.05) is 6.92 Å². The Bertz CT molecular complexity index is 733. The number of rotatable bonds is 6. The predicted octanol–water partition coefficient (Wildman–Crippen LogP) is 2.76. The van der Waals surface area contributed by atoms with E-state index in [0.717, 1.165) is 0 Å². The molecule has 0 unspecified atom stereocenters. The second-order valence-corrected chi connectivity index (χ2v) is 6.70. The number of hydrogen-bond acceptors (Lipinski definition) is 3. The third-order valence-corrected chi connectivity index (χ3v) is 4.83. The number of hydrogen-bond donors (Lipinski definition) is 1. The summed E-state index contributed by atoms with van der Waals surface area (Å²) in [6.07, 6.45) is 0. The lowest BCUT2D eigenvalue weighted by molar-refractivity contribution is 0.580. The van der Waals surface area contributed by atoms with Crippen molar-refractivity contribution >= 4 is 15.7 Å². The maximum absolute atomic E-state index is 14.0. The van der Waals surface area contributed by atoms with Crippen LogP contribution in [0.4, 0.5) is 10.1 Å². The van der Waals surface area contributed by atoms with Crippen LogP contribution in [0, 0.1) is 5.82 Å². The summed E-state index contributed by atoms with van der Waals surface area (Å²) in [7, 11) is -1.78. The molecule has 0 spiro atoms. The van der Waals surface area contributed by atoms with Crippen LogP contribution in [0.15, 0.2) is 53.4 Å². The van der Waals surface area contributed by atoms with E-state index < -0.39 is 10.0 Å². The Kier molecular flexibility index (Phi) is 5.15. The van der Waals surface area contributed by atoms with Crippen LogP contribution >= 0.6 is 0 Å². The number of nitrogens with one attached hydrogen (secondary N) is 1. The topological polar surface area (TPSA) is 49.4 Å². The first-order valence-electron chi connectivity index (χ1n) is 6.98. The molecule has 22 heavy (non-hydrogen) atoms. The Morgan fingerprint density at radius 1 is 1.14 bits per heavy atom. The van der Waals surface area contributed by atoms with E-state index in [9.17, 15) is 12.8 Å². The molecule has 0 amide bonds. The number of nitrogens with zero attached hydrogens (tertiary/aromatic N) is 1. The summed E-state index contributed by atoms with van der Waals surface area (Å²) in [6.45, 7) is 2.67. The molecule has 0 aromatic heterocycles. The van der Waals surface area contributed by atoms with Gasteiger partial charge in [-0.15, -0.1) is 0 Å². The molecule has 0 radical (unpaired) electrons. The fourth-order valence-electron chi connectivity index (χ4n) is 2.00. The lowest BCUT2D eigenvalue weighted by Gasteiger charge is -2.18. The van der Waals surface area contributed by atoms with E-state index in [4.69, 9.17) is 0 Å². The van der Waals surface area contributed by atoms with Crippen LogP contribution in [-0.2, 0) is 16.6 Å². The Morgan fingerprint density at radius 3 is 2.41 bits per heavy atom. The van der Waals surface area contributed by atoms with Crippen molar-refractivity contribution in [3.05, 3.63) is 59.9 Å². The fourth-order valence-corrected chi connectivity index (χ4v) is 3.04. The highest BCUT2D eigenvalue weighted by Gasteiger charge is 2.13. The highest BCUT2D eigenvalue weighted by atomic mass is 32.2. The predicted molar refractivity (Wildman–Crippen MR) is 85.8 cm³/mol. The number of sulfonamides is 1. The summed E-state index contributed by atoms with van der Waals surface area (Å²) in [5.74, 6) is -0.360. The monoisotopic (exact) mass is 322 g/mol. The average Bonchev–Trinajstić information content (AvgIpc) is 2.53. The Labute approximate surface area is 130 Å². The first kappa shape index (κ1) is 16.5. The van der Waals surface area contributed by atoms with Crippen LogP contribution in [0.5, 0.6) is 0 Å². The zero-order chi connectivity index (χ0) is 16.2. The molecule has 0 saturated carbocycles. The van der Waals surface area contributed by atoms with E-state index in [0.29, 0.717) is 17.8 Å². The van der Waals surface area contributed by atoms with Crippen molar-refractivity contribution < 1.29 is 12.8 Å². The van der Waals surface area contributed by atoms with Crippen molar-refractivity contribution in [3.63, 3.8) is 0 Å². The van der Waals surface area contributed by atoms with Gasteiger partial charge < -0.3 is 4.90 Å². The SMILES string of the molecule is CCN(C)c1ccc(CNS(=O)(=O)c2ccccc2)cc1F. The van der Waals surface area contributed by atoms with E-state index in [-0.39, 0.29) is 17.3 Å². The summed E-state index contributed by atoms with van der Waals surface area (Å²) in [4.78, 5) is 1.98. The first-order valence-corrected chi connectivity index (χ1v) is 8.46. The summed E-state index contributed by atoms with van der Waals surface area (Å²) in [6, 6.07) is 12.8. The molecule has 6 heteroatoms. The van der Waals surface area contributed by atoms with Crippen molar-refractivity contribution in [2.45, 2.75) is 18.4 Å². The molecule has 1 N–H and O–H groups in total. The highest BCUT2D eigenvalue weighted by molar-refractivity contribution is 7.89. The number of halogens is 1. The van der Waals surface area contributed by atoms with Gasteiger partial charge in [0.15, 0.2) is 0 Å². The van der Waals surface area contributed by atoms with E-state index in [1.165, 1.54) is 18.2 Å². The van der Waals surface area contributed by atoms with E-state index in [2.05, 4.69) is 4.72 Å². The van der Waals surface area contributed by atoms with Gasteiger partial charge in [-0.3, -0.25) is 0 Å². The van der Waals surface area contributed by atoms with Gasteiger partial charge >= 0.3 is 0 Å². The van der Waals surface area contributed by atoms with Gasteiger partial charge in [0.1, 0.15) is 5.82 Å². The third kappa shape index (κ3) is 3.84. The van der Waals surface area contributed by atoms with Gasteiger partial charge in [0.05, 0.1) is 10.6 Å². The van der Waals surface area contributed by atoms with Crippen molar-refractivity contribution in [2.75, 3.05) is 18.5 Å². The van der Waals surface area contributed by atoms with Crippen molar-refractivity contribution in [2.24, 2.45) is 0 Å². The fraction of sp³-hybridized carbons (Fsp3) is 0.250. The molecule has 0 aliphatic rings. The van der Waals surface area contributed by atoms with Crippen molar-refractivity contribution in [1.82, 2.24) is 4.72 Å². The minimum Gasteiger partial charge on any atom is -0.373 e. The molecule has 2 rings (SSSR count). The largest absolute Gasteiger partial charge is 0.373 e. The molecule has 0 bridgehead atoms. The quantitative estimate of drug-likeness (QED) is 0.890. The Morgan fingerprint density at radius 2 is 1.82 bits per heavy atom. The second-order valence-electron chi connectivity index (χ2n) is 4.94. The van der Waals surface area contributed by atoms with Gasteiger partial charge in [-0.25, -0.2) is 17.5 Å². The number of benzene rings is 2. The zero-order valence-electron chi connectivity index (χ0n) is 12.6. The Balaban J connectivity index is 2.11. The molecule has 118 valence electrons. The van der Waals surface area contributed by atoms with E-state index in [1.54, 1.807) is 42.3 Å². The minimum atomic E-state index is -3.59. The second kappa shape index (κ2) is 6.89. The minimum absolute atomic E-state index is 0.0459. The molecular weight excluding hydrogens is 303 g/mol. The lowest BCUT2D eigenvalue weighted by Crippen LogP contribution is -2.23. The van der Waals surface area contributed by atoms with Crippen LogP contribution in [-0.4, -0.2) is 22.0 Å². The van der Waals surface area contributed by atoms with Gasteiger partial charge in [0.2, 0.25) is 10.0 Å². The molecule has 2 aromatic rings. The van der Waals surface area contributed by atoms with Crippen LogP contribution < -0.4 is 9.62 Å². The first-order chi connectivity index (χ1) is 10.4.